The fourth-order valence-electron chi connectivity index (χ4n) is 0.801. The Morgan fingerprint density at radius 1 is 1.47 bits per heavy atom. The van der Waals surface area contributed by atoms with Gasteiger partial charge in [0.1, 0.15) is 6.54 Å². The predicted molar refractivity (Wildman–Crippen MR) is 45.4 cm³/mol. The molecule has 0 saturated carbocycles. The van der Waals surface area contributed by atoms with Gasteiger partial charge in [-0.2, -0.15) is 13.2 Å². The van der Waals surface area contributed by atoms with Crippen molar-refractivity contribution >= 4 is 11.5 Å². The highest BCUT2D eigenvalue weighted by molar-refractivity contribution is 5.43. The minimum atomic E-state index is -4.33. The van der Waals surface area contributed by atoms with E-state index >= 15 is 0 Å². The highest BCUT2D eigenvalue weighted by atomic mass is 19.4. The first kappa shape index (κ1) is 11.2. The molecular weight excluding hydrogens is 215 g/mol. The standard InChI is InChI=1S/C7H6F3N3O2/c8-7(9,10)4-12-5-1-2-6(11-3-5)13(14)15/h1-3,12H,4H2. The molecule has 5 nitrogen and oxygen atoms in total. The highest BCUT2D eigenvalue weighted by Gasteiger charge is 2.26. The van der Waals surface area contributed by atoms with Crippen LogP contribution in [-0.4, -0.2) is 22.6 Å². The van der Waals surface area contributed by atoms with Crippen LogP contribution in [0, 0.1) is 10.1 Å². The van der Waals surface area contributed by atoms with E-state index in [1.165, 1.54) is 0 Å². The van der Waals surface area contributed by atoms with E-state index in [2.05, 4.69) is 4.98 Å². The van der Waals surface area contributed by atoms with E-state index in [0.29, 0.717) is 0 Å². The summed E-state index contributed by atoms with van der Waals surface area (Å²) in [6.07, 6.45) is -3.36. The van der Waals surface area contributed by atoms with Gasteiger partial charge < -0.3 is 15.4 Å². The number of anilines is 1. The third-order valence-corrected chi connectivity index (χ3v) is 1.43. The molecule has 1 heterocycles. The van der Waals surface area contributed by atoms with Crippen LogP contribution in [0.5, 0.6) is 0 Å². The Hall–Kier alpha value is -1.86. The molecule has 0 amide bonds. The molecule has 0 aliphatic rings. The Morgan fingerprint density at radius 3 is 2.53 bits per heavy atom. The summed E-state index contributed by atoms with van der Waals surface area (Å²) >= 11 is 0. The maximum Gasteiger partial charge on any atom is 0.405 e. The molecule has 0 unspecified atom stereocenters. The Morgan fingerprint density at radius 2 is 2.13 bits per heavy atom. The first-order valence-electron chi connectivity index (χ1n) is 3.79. The van der Waals surface area contributed by atoms with Crippen LogP contribution in [0.1, 0.15) is 0 Å². The Balaban J connectivity index is 2.61. The van der Waals surface area contributed by atoms with Crippen molar-refractivity contribution in [2.45, 2.75) is 6.18 Å². The average molecular weight is 221 g/mol. The lowest BCUT2D eigenvalue weighted by molar-refractivity contribution is -0.389. The summed E-state index contributed by atoms with van der Waals surface area (Å²) in [7, 11) is 0. The summed E-state index contributed by atoms with van der Waals surface area (Å²) in [5.41, 5.74) is 0.0814. The van der Waals surface area contributed by atoms with Crippen LogP contribution in [-0.2, 0) is 0 Å². The van der Waals surface area contributed by atoms with Crippen LogP contribution >= 0.6 is 0 Å². The van der Waals surface area contributed by atoms with E-state index in [1.54, 1.807) is 0 Å². The van der Waals surface area contributed by atoms with E-state index in [0.717, 1.165) is 18.3 Å². The lowest BCUT2D eigenvalue weighted by Crippen LogP contribution is -2.21. The summed E-state index contributed by atoms with van der Waals surface area (Å²) in [5.74, 6) is -0.410. The van der Waals surface area contributed by atoms with Crippen LogP contribution in [0.2, 0.25) is 0 Å². The maximum atomic E-state index is 11.8. The third kappa shape index (κ3) is 3.79. The van der Waals surface area contributed by atoms with Crippen molar-refractivity contribution in [2.24, 2.45) is 0 Å². The van der Waals surface area contributed by atoms with Crippen LogP contribution in [0.15, 0.2) is 18.3 Å². The zero-order chi connectivity index (χ0) is 11.5. The van der Waals surface area contributed by atoms with E-state index in [4.69, 9.17) is 0 Å². The molecule has 0 radical (unpaired) electrons. The monoisotopic (exact) mass is 221 g/mol. The number of nitrogens with zero attached hydrogens (tertiary/aromatic N) is 2. The van der Waals surface area contributed by atoms with Gasteiger partial charge in [0.05, 0.1) is 5.69 Å². The first-order valence-corrected chi connectivity index (χ1v) is 3.79. The van der Waals surface area contributed by atoms with Gasteiger partial charge in [0.15, 0.2) is 6.20 Å². The molecule has 0 bridgehead atoms. The molecule has 0 spiro atoms. The van der Waals surface area contributed by atoms with E-state index < -0.39 is 23.5 Å². The van der Waals surface area contributed by atoms with Crippen molar-refractivity contribution in [2.75, 3.05) is 11.9 Å². The summed E-state index contributed by atoms with van der Waals surface area (Å²) in [6.45, 7) is -1.20. The zero-order valence-electron chi connectivity index (χ0n) is 7.28. The Labute approximate surface area is 82.1 Å². The number of alkyl halides is 3. The van der Waals surface area contributed by atoms with Gasteiger partial charge in [-0.25, -0.2) is 0 Å². The van der Waals surface area contributed by atoms with Gasteiger partial charge in [-0.05, 0) is 16.0 Å². The molecule has 0 atom stereocenters. The number of hydrogen-bond acceptors (Lipinski definition) is 4. The van der Waals surface area contributed by atoms with Gasteiger partial charge in [-0.15, -0.1) is 0 Å². The number of halogens is 3. The fourth-order valence-corrected chi connectivity index (χ4v) is 0.801. The van der Waals surface area contributed by atoms with Gasteiger partial charge in [0.2, 0.25) is 0 Å². The molecule has 82 valence electrons. The van der Waals surface area contributed by atoms with Gasteiger partial charge >= 0.3 is 12.0 Å². The number of nitrogens with one attached hydrogen (secondary N) is 1. The Kier molecular flexibility index (Phi) is 3.08. The second-order valence-electron chi connectivity index (χ2n) is 2.63. The smallest absolute Gasteiger partial charge is 0.373 e. The van der Waals surface area contributed by atoms with E-state index in [1.807, 2.05) is 5.32 Å². The van der Waals surface area contributed by atoms with Gasteiger partial charge in [0.25, 0.3) is 0 Å². The Bertz CT molecular complexity index is 349. The van der Waals surface area contributed by atoms with Crippen LogP contribution < -0.4 is 5.32 Å². The topological polar surface area (TPSA) is 68.1 Å². The van der Waals surface area contributed by atoms with Crippen molar-refractivity contribution in [3.05, 3.63) is 28.4 Å². The molecule has 1 N–H and O–H groups in total. The summed E-state index contributed by atoms with van der Waals surface area (Å²) < 4.78 is 35.3. The molecular formula is C7H6F3N3O2. The minimum absolute atomic E-state index is 0.0814. The highest BCUT2D eigenvalue weighted by Crippen LogP contribution is 2.17. The number of rotatable bonds is 3. The molecule has 0 aromatic carbocycles. The van der Waals surface area contributed by atoms with Crippen molar-refractivity contribution < 1.29 is 18.1 Å². The minimum Gasteiger partial charge on any atom is -0.373 e. The molecule has 15 heavy (non-hydrogen) atoms. The predicted octanol–water partition coefficient (Wildman–Crippen LogP) is 1.96. The molecule has 0 saturated heterocycles. The lowest BCUT2D eigenvalue weighted by Gasteiger charge is -2.07. The molecule has 0 fully saturated rings. The fraction of sp³-hybridized carbons (Fsp3) is 0.286. The third-order valence-electron chi connectivity index (χ3n) is 1.43. The average Bonchev–Trinajstić information content (AvgIpc) is 2.14. The molecule has 1 aromatic heterocycles. The van der Waals surface area contributed by atoms with E-state index in [9.17, 15) is 23.3 Å². The maximum absolute atomic E-state index is 11.8. The second-order valence-corrected chi connectivity index (χ2v) is 2.63. The molecule has 1 aromatic rings. The molecule has 0 aliphatic carbocycles. The van der Waals surface area contributed by atoms with E-state index in [-0.39, 0.29) is 5.69 Å². The number of hydrogen-bond donors (Lipinski definition) is 1. The van der Waals surface area contributed by atoms with Gasteiger partial charge in [0, 0.05) is 6.07 Å². The SMILES string of the molecule is O=[N+]([O-])c1ccc(NCC(F)(F)F)cn1. The molecule has 8 heteroatoms. The first-order chi connectivity index (χ1) is 6.88. The lowest BCUT2D eigenvalue weighted by atomic mass is 10.4. The number of nitro groups is 1. The molecule has 0 aliphatic heterocycles. The summed E-state index contributed by atoms with van der Waals surface area (Å²) in [4.78, 5) is 12.8. The van der Waals surface area contributed by atoms with Crippen molar-refractivity contribution in [1.29, 1.82) is 0 Å². The normalized spacial score (nSPS) is 11.1. The number of aromatic nitrogens is 1. The quantitative estimate of drug-likeness (QED) is 0.625. The number of pyridine rings is 1. The van der Waals surface area contributed by atoms with Crippen molar-refractivity contribution in [3.8, 4) is 0 Å². The van der Waals surface area contributed by atoms with Gasteiger partial charge in [-0.3, -0.25) is 0 Å². The largest absolute Gasteiger partial charge is 0.405 e. The molecule has 1 rings (SSSR count). The van der Waals surface area contributed by atoms with Crippen LogP contribution in [0.4, 0.5) is 24.7 Å². The zero-order valence-corrected chi connectivity index (χ0v) is 7.28. The van der Waals surface area contributed by atoms with Crippen LogP contribution in [0.25, 0.3) is 0 Å². The van der Waals surface area contributed by atoms with Gasteiger partial charge in [-0.1, -0.05) is 0 Å². The van der Waals surface area contributed by atoms with Crippen molar-refractivity contribution in [3.63, 3.8) is 0 Å². The van der Waals surface area contributed by atoms with Crippen LogP contribution in [0.3, 0.4) is 0 Å². The second kappa shape index (κ2) is 4.11. The van der Waals surface area contributed by atoms with Crippen molar-refractivity contribution in [1.82, 2.24) is 4.98 Å². The summed E-state index contributed by atoms with van der Waals surface area (Å²) in [6, 6.07) is 2.19. The summed E-state index contributed by atoms with van der Waals surface area (Å²) in [5, 5.41) is 12.2.